The lowest BCUT2D eigenvalue weighted by atomic mass is 10.1. The van der Waals surface area contributed by atoms with E-state index in [4.69, 9.17) is 23.2 Å². The first-order chi connectivity index (χ1) is 11.5. The highest BCUT2D eigenvalue weighted by Crippen LogP contribution is 2.24. The average molecular weight is 367 g/mol. The van der Waals surface area contributed by atoms with Gasteiger partial charge < -0.3 is 10.2 Å². The van der Waals surface area contributed by atoms with Crippen molar-refractivity contribution in [2.45, 2.75) is 12.5 Å². The summed E-state index contributed by atoms with van der Waals surface area (Å²) >= 11 is 11.7. The molecule has 2 aromatic rings. The molecule has 1 N–H and O–H groups in total. The number of anilines is 1. The third-order valence-corrected chi connectivity index (χ3v) is 4.36. The van der Waals surface area contributed by atoms with Crippen molar-refractivity contribution in [1.29, 1.82) is 0 Å². The van der Waals surface area contributed by atoms with Crippen LogP contribution in [0.5, 0.6) is 0 Å². The maximum absolute atomic E-state index is 13.8. The Morgan fingerprint density at radius 1 is 1.17 bits per heavy atom. The van der Waals surface area contributed by atoms with Crippen molar-refractivity contribution in [2.24, 2.45) is 0 Å². The van der Waals surface area contributed by atoms with Crippen molar-refractivity contribution in [3.8, 4) is 0 Å². The van der Waals surface area contributed by atoms with E-state index in [0.717, 1.165) is 0 Å². The molecule has 2 aromatic carbocycles. The van der Waals surface area contributed by atoms with Crippen LogP contribution in [0.4, 0.5) is 10.1 Å². The second-order valence-electron chi connectivity index (χ2n) is 5.45. The molecular weight excluding hydrogens is 354 g/mol. The number of benzene rings is 2. The van der Waals surface area contributed by atoms with Gasteiger partial charge in [0.15, 0.2) is 0 Å². The molecule has 0 saturated carbocycles. The molecule has 0 spiro atoms. The first-order valence-electron chi connectivity index (χ1n) is 7.26. The molecular formula is C17H13Cl2FN2O2. The number of rotatable bonds is 3. The summed E-state index contributed by atoms with van der Waals surface area (Å²) in [4.78, 5) is 26.0. The van der Waals surface area contributed by atoms with Crippen LogP contribution in [0.2, 0.25) is 10.0 Å². The largest absolute Gasteiger partial charge is 0.347 e. The molecule has 4 nitrogen and oxygen atoms in total. The van der Waals surface area contributed by atoms with Gasteiger partial charge in [-0.15, -0.1) is 0 Å². The fourth-order valence-corrected chi connectivity index (χ4v) is 3.02. The van der Waals surface area contributed by atoms with Gasteiger partial charge in [0, 0.05) is 23.7 Å². The van der Waals surface area contributed by atoms with Crippen LogP contribution < -0.4 is 10.2 Å². The standard InChI is InChI=1S/C17H13Cl2FN2O2/c18-10-4-6-12(7-5-10)22-9-11(8-15(22)23)21-17(24)16-13(19)2-1-3-14(16)20/h1-7,11H,8-9H2,(H,21,24). The highest BCUT2D eigenvalue weighted by molar-refractivity contribution is 6.33. The van der Waals surface area contributed by atoms with Crippen LogP contribution in [0.3, 0.4) is 0 Å². The normalized spacial score (nSPS) is 17.2. The van der Waals surface area contributed by atoms with Gasteiger partial charge in [-0.2, -0.15) is 0 Å². The van der Waals surface area contributed by atoms with Gasteiger partial charge >= 0.3 is 0 Å². The summed E-state index contributed by atoms with van der Waals surface area (Å²) in [6.45, 7) is 0.304. The number of halogens is 3. The third kappa shape index (κ3) is 3.37. The first kappa shape index (κ1) is 16.7. The molecule has 0 bridgehead atoms. The number of amides is 2. The van der Waals surface area contributed by atoms with Gasteiger partial charge in [0.05, 0.1) is 16.6 Å². The maximum Gasteiger partial charge on any atom is 0.256 e. The summed E-state index contributed by atoms with van der Waals surface area (Å²) in [7, 11) is 0. The molecule has 0 aliphatic carbocycles. The monoisotopic (exact) mass is 366 g/mol. The van der Waals surface area contributed by atoms with Gasteiger partial charge in [0.25, 0.3) is 5.91 Å². The number of hydrogen-bond donors (Lipinski definition) is 1. The van der Waals surface area contributed by atoms with Gasteiger partial charge in [-0.05, 0) is 36.4 Å². The molecule has 1 saturated heterocycles. The maximum atomic E-state index is 13.8. The van der Waals surface area contributed by atoms with Gasteiger partial charge in [0.1, 0.15) is 5.82 Å². The number of carbonyl (C=O) groups is 2. The molecule has 2 amide bonds. The Kier molecular flexibility index (Phi) is 4.73. The van der Waals surface area contributed by atoms with Crippen molar-refractivity contribution >= 4 is 40.7 Å². The Morgan fingerprint density at radius 3 is 2.54 bits per heavy atom. The lowest BCUT2D eigenvalue weighted by Crippen LogP contribution is -2.37. The molecule has 0 radical (unpaired) electrons. The van der Waals surface area contributed by atoms with E-state index in [1.807, 2.05) is 0 Å². The van der Waals surface area contributed by atoms with Crippen LogP contribution >= 0.6 is 23.2 Å². The van der Waals surface area contributed by atoms with E-state index >= 15 is 0 Å². The van der Waals surface area contributed by atoms with Gasteiger partial charge in [-0.25, -0.2) is 4.39 Å². The Bertz CT molecular complexity index is 775. The first-order valence-corrected chi connectivity index (χ1v) is 8.02. The Balaban J connectivity index is 1.72. The molecule has 1 fully saturated rings. The smallest absolute Gasteiger partial charge is 0.256 e. The molecule has 1 atom stereocenters. The van der Waals surface area contributed by atoms with Crippen LogP contribution in [0, 0.1) is 5.82 Å². The molecule has 1 aliphatic rings. The number of nitrogens with zero attached hydrogens (tertiary/aromatic N) is 1. The molecule has 3 rings (SSSR count). The summed E-state index contributed by atoms with van der Waals surface area (Å²) in [5.74, 6) is -1.45. The van der Waals surface area contributed by atoms with E-state index in [1.54, 1.807) is 29.2 Å². The minimum Gasteiger partial charge on any atom is -0.347 e. The molecule has 124 valence electrons. The van der Waals surface area contributed by atoms with Crippen LogP contribution in [0.1, 0.15) is 16.8 Å². The molecule has 7 heteroatoms. The Morgan fingerprint density at radius 2 is 1.88 bits per heavy atom. The lowest BCUT2D eigenvalue weighted by molar-refractivity contribution is -0.117. The van der Waals surface area contributed by atoms with Crippen molar-refractivity contribution in [1.82, 2.24) is 5.32 Å². The van der Waals surface area contributed by atoms with E-state index < -0.39 is 17.8 Å². The fourth-order valence-electron chi connectivity index (χ4n) is 2.65. The second-order valence-corrected chi connectivity index (χ2v) is 6.30. The predicted octanol–water partition coefficient (Wildman–Crippen LogP) is 3.67. The zero-order chi connectivity index (χ0) is 17.3. The summed E-state index contributed by atoms with van der Waals surface area (Å²) in [6.07, 6.45) is 0.139. The van der Waals surface area contributed by atoms with Gasteiger partial charge in [0.2, 0.25) is 5.91 Å². The highest BCUT2D eigenvalue weighted by Gasteiger charge is 2.32. The van der Waals surface area contributed by atoms with Crippen LogP contribution in [-0.2, 0) is 4.79 Å². The molecule has 1 aliphatic heterocycles. The van der Waals surface area contributed by atoms with Crippen molar-refractivity contribution < 1.29 is 14.0 Å². The lowest BCUT2D eigenvalue weighted by Gasteiger charge is -2.17. The fraction of sp³-hybridized carbons (Fsp3) is 0.176. The summed E-state index contributed by atoms with van der Waals surface area (Å²) in [6, 6.07) is 10.5. The predicted molar refractivity (Wildman–Crippen MR) is 91.1 cm³/mol. The molecule has 1 heterocycles. The Labute approximate surface area is 148 Å². The average Bonchev–Trinajstić information content (AvgIpc) is 2.88. The van der Waals surface area contributed by atoms with Gasteiger partial charge in [-0.3, -0.25) is 9.59 Å². The minimum absolute atomic E-state index is 0.0337. The van der Waals surface area contributed by atoms with Crippen LogP contribution in [0.15, 0.2) is 42.5 Å². The molecule has 24 heavy (non-hydrogen) atoms. The summed E-state index contributed by atoms with van der Waals surface area (Å²) in [5, 5.41) is 3.27. The third-order valence-electron chi connectivity index (χ3n) is 3.79. The highest BCUT2D eigenvalue weighted by atomic mass is 35.5. The quantitative estimate of drug-likeness (QED) is 0.900. The van der Waals surface area contributed by atoms with E-state index in [2.05, 4.69) is 5.32 Å². The number of carbonyl (C=O) groups excluding carboxylic acids is 2. The van der Waals surface area contributed by atoms with E-state index in [0.29, 0.717) is 17.3 Å². The van der Waals surface area contributed by atoms with Crippen molar-refractivity contribution in [3.05, 3.63) is 63.9 Å². The van der Waals surface area contributed by atoms with E-state index in [9.17, 15) is 14.0 Å². The Hall–Kier alpha value is -2.11. The topological polar surface area (TPSA) is 49.4 Å². The van der Waals surface area contributed by atoms with Gasteiger partial charge in [-0.1, -0.05) is 29.3 Å². The molecule has 1 unspecified atom stereocenters. The van der Waals surface area contributed by atoms with Crippen LogP contribution in [-0.4, -0.2) is 24.4 Å². The SMILES string of the molecule is O=C(NC1CC(=O)N(c2ccc(Cl)cc2)C1)c1c(F)cccc1Cl. The minimum atomic E-state index is -0.695. The summed E-state index contributed by atoms with van der Waals surface area (Å²) in [5.41, 5.74) is 0.488. The molecule has 0 aromatic heterocycles. The van der Waals surface area contributed by atoms with E-state index in [1.165, 1.54) is 18.2 Å². The van der Waals surface area contributed by atoms with Crippen molar-refractivity contribution in [2.75, 3.05) is 11.4 Å². The van der Waals surface area contributed by atoms with E-state index in [-0.39, 0.29) is 22.9 Å². The van der Waals surface area contributed by atoms with Crippen molar-refractivity contribution in [3.63, 3.8) is 0 Å². The zero-order valence-corrected chi connectivity index (χ0v) is 13.9. The second kappa shape index (κ2) is 6.79. The zero-order valence-electron chi connectivity index (χ0n) is 12.4. The summed E-state index contributed by atoms with van der Waals surface area (Å²) < 4.78 is 13.8. The van der Waals surface area contributed by atoms with Crippen LogP contribution in [0.25, 0.3) is 0 Å². The number of nitrogens with one attached hydrogen (secondary N) is 1. The number of hydrogen-bond acceptors (Lipinski definition) is 2.